The molecule has 0 unspecified atom stereocenters. The summed E-state index contributed by atoms with van der Waals surface area (Å²) in [5.74, 6) is 0.783. The number of hydrogen-bond acceptors (Lipinski definition) is 2. The lowest BCUT2D eigenvalue weighted by atomic mass is 10.1. The predicted molar refractivity (Wildman–Crippen MR) is 96.9 cm³/mol. The van der Waals surface area contributed by atoms with Crippen molar-refractivity contribution in [3.8, 4) is 0 Å². The maximum Gasteiger partial charge on any atom is 0.191 e. The Hall–Kier alpha value is -1.57. The molecule has 0 aliphatic heterocycles. The summed E-state index contributed by atoms with van der Waals surface area (Å²) in [5.41, 5.74) is 3.70. The van der Waals surface area contributed by atoms with Gasteiger partial charge < -0.3 is 10.6 Å². The summed E-state index contributed by atoms with van der Waals surface area (Å²) in [6.45, 7) is 3.62. The maximum atomic E-state index is 4.22. The first kappa shape index (κ1) is 17.5. The van der Waals surface area contributed by atoms with Gasteiger partial charge in [0, 0.05) is 19.8 Å². The van der Waals surface area contributed by atoms with Crippen LogP contribution >= 0.6 is 24.0 Å². The van der Waals surface area contributed by atoms with Crippen molar-refractivity contribution in [2.45, 2.75) is 26.4 Å². The van der Waals surface area contributed by atoms with Crippen molar-refractivity contribution in [2.24, 2.45) is 4.99 Å². The molecule has 0 saturated heterocycles. The summed E-state index contributed by atoms with van der Waals surface area (Å²) in [4.78, 5) is 4.22. The second-order valence-electron chi connectivity index (χ2n) is 4.48. The summed E-state index contributed by atoms with van der Waals surface area (Å²) in [6.07, 6.45) is 2.78. The van der Waals surface area contributed by atoms with Gasteiger partial charge in [0.2, 0.25) is 0 Å². The molecule has 114 valence electrons. The summed E-state index contributed by atoms with van der Waals surface area (Å²) in [6, 6.07) is 10.4. The third kappa shape index (κ3) is 5.37. The van der Waals surface area contributed by atoms with Crippen LogP contribution in [0.1, 0.15) is 23.7 Å². The Morgan fingerprint density at radius 1 is 1.14 bits per heavy atom. The van der Waals surface area contributed by atoms with Gasteiger partial charge >= 0.3 is 0 Å². The molecule has 0 spiro atoms. The van der Waals surface area contributed by atoms with Crippen LogP contribution in [0.5, 0.6) is 0 Å². The van der Waals surface area contributed by atoms with Crippen molar-refractivity contribution >= 4 is 29.9 Å². The minimum Gasteiger partial charge on any atom is -0.352 e. The maximum absolute atomic E-state index is 4.22. The van der Waals surface area contributed by atoms with Gasteiger partial charge in [0.15, 0.2) is 5.96 Å². The molecule has 3 N–H and O–H groups in total. The van der Waals surface area contributed by atoms with Crippen LogP contribution in [-0.4, -0.2) is 23.2 Å². The molecule has 2 aromatic rings. The van der Waals surface area contributed by atoms with Gasteiger partial charge in [-0.15, -0.1) is 24.0 Å². The highest BCUT2D eigenvalue weighted by Gasteiger charge is 2.02. The topological polar surface area (TPSA) is 65.1 Å². The second-order valence-corrected chi connectivity index (χ2v) is 4.48. The van der Waals surface area contributed by atoms with Gasteiger partial charge in [-0.05, 0) is 23.6 Å². The van der Waals surface area contributed by atoms with Crippen LogP contribution in [-0.2, 0) is 19.5 Å². The number of guanidine groups is 1. The molecule has 1 aromatic heterocycles. The third-order valence-corrected chi connectivity index (χ3v) is 3.17. The number of benzene rings is 1. The molecule has 0 amide bonds. The van der Waals surface area contributed by atoms with Crippen LogP contribution in [0.15, 0.2) is 41.5 Å². The standard InChI is InChI=1S/C15H21N5.HI/c1-3-12-6-4-5-7-13(12)10-17-15(16-2)18-11-14-8-9-19-20-14;/h4-9H,3,10-11H2,1-2H3,(H,19,20)(H2,16,17,18);1H. The molecular weight excluding hydrogens is 377 g/mol. The Balaban J connectivity index is 0.00000220. The second kappa shape index (κ2) is 9.38. The number of rotatable bonds is 5. The molecule has 1 aromatic carbocycles. The fraction of sp³-hybridized carbons (Fsp3) is 0.333. The number of nitrogens with one attached hydrogen (secondary N) is 3. The van der Waals surface area contributed by atoms with Gasteiger partial charge in [0.25, 0.3) is 0 Å². The summed E-state index contributed by atoms with van der Waals surface area (Å²) in [5, 5.41) is 13.4. The van der Waals surface area contributed by atoms with E-state index in [2.05, 4.69) is 57.0 Å². The lowest BCUT2D eigenvalue weighted by Gasteiger charge is -2.13. The predicted octanol–water partition coefficient (Wildman–Crippen LogP) is 2.46. The Morgan fingerprint density at radius 3 is 2.48 bits per heavy atom. The van der Waals surface area contributed by atoms with E-state index in [1.54, 1.807) is 13.2 Å². The summed E-state index contributed by atoms with van der Waals surface area (Å²) < 4.78 is 0. The van der Waals surface area contributed by atoms with Crippen LogP contribution in [0.4, 0.5) is 0 Å². The molecule has 0 bridgehead atoms. The number of aryl methyl sites for hydroxylation is 1. The van der Waals surface area contributed by atoms with Crippen LogP contribution in [0.25, 0.3) is 0 Å². The monoisotopic (exact) mass is 399 g/mol. The molecule has 2 rings (SSSR count). The lowest BCUT2D eigenvalue weighted by molar-refractivity contribution is 0.785. The highest BCUT2D eigenvalue weighted by Crippen LogP contribution is 2.08. The number of aliphatic imine (C=N–C) groups is 1. The zero-order chi connectivity index (χ0) is 14.2. The van der Waals surface area contributed by atoms with Gasteiger partial charge in [-0.2, -0.15) is 5.10 Å². The van der Waals surface area contributed by atoms with Gasteiger partial charge in [0.05, 0.1) is 12.2 Å². The van der Waals surface area contributed by atoms with Gasteiger partial charge in [-0.25, -0.2) is 0 Å². The Bertz CT molecular complexity index is 551. The van der Waals surface area contributed by atoms with E-state index < -0.39 is 0 Å². The number of halogens is 1. The number of aromatic amines is 1. The average molecular weight is 399 g/mol. The van der Waals surface area contributed by atoms with E-state index in [0.29, 0.717) is 6.54 Å². The SMILES string of the molecule is CCc1ccccc1CNC(=NC)NCc1ccn[nH]1.I. The quantitative estimate of drug-likeness (QED) is 0.411. The minimum absolute atomic E-state index is 0. The first-order chi connectivity index (χ1) is 9.83. The van der Waals surface area contributed by atoms with Crippen LogP contribution in [0.3, 0.4) is 0 Å². The lowest BCUT2D eigenvalue weighted by Crippen LogP contribution is -2.36. The van der Waals surface area contributed by atoms with Gasteiger partial charge in [0.1, 0.15) is 0 Å². The number of hydrogen-bond donors (Lipinski definition) is 3. The number of H-pyrrole nitrogens is 1. The molecule has 21 heavy (non-hydrogen) atoms. The van der Waals surface area contributed by atoms with Crippen molar-refractivity contribution < 1.29 is 0 Å². The first-order valence-corrected chi connectivity index (χ1v) is 6.83. The van der Waals surface area contributed by atoms with E-state index in [1.165, 1.54) is 11.1 Å². The van der Waals surface area contributed by atoms with E-state index in [4.69, 9.17) is 0 Å². The minimum atomic E-state index is 0. The zero-order valence-corrected chi connectivity index (χ0v) is 14.7. The Labute approximate surface area is 142 Å². The van der Waals surface area contributed by atoms with E-state index in [9.17, 15) is 0 Å². The van der Waals surface area contributed by atoms with E-state index in [-0.39, 0.29) is 24.0 Å². The van der Waals surface area contributed by atoms with E-state index in [1.807, 2.05) is 6.07 Å². The van der Waals surface area contributed by atoms with Gasteiger partial charge in [-0.3, -0.25) is 10.1 Å². The van der Waals surface area contributed by atoms with E-state index >= 15 is 0 Å². The smallest absolute Gasteiger partial charge is 0.191 e. The molecule has 1 heterocycles. The highest BCUT2D eigenvalue weighted by atomic mass is 127. The largest absolute Gasteiger partial charge is 0.352 e. The van der Waals surface area contributed by atoms with Crippen molar-refractivity contribution in [3.05, 3.63) is 53.3 Å². The van der Waals surface area contributed by atoms with Crippen molar-refractivity contribution in [3.63, 3.8) is 0 Å². The highest BCUT2D eigenvalue weighted by molar-refractivity contribution is 14.0. The molecule has 5 nitrogen and oxygen atoms in total. The van der Waals surface area contributed by atoms with Crippen LogP contribution < -0.4 is 10.6 Å². The number of aromatic nitrogens is 2. The van der Waals surface area contributed by atoms with Crippen molar-refractivity contribution in [2.75, 3.05) is 7.05 Å². The summed E-state index contributed by atoms with van der Waals surface area (Å²) in [7, 11) is 1.77. The Kier molecular flexibility index (Phi) is 7.81. The Morgan fingerprint density at radius 2 is 1.86 bits per heavy atom. The third-order valence-electron chi connectivity index (χ3n) is 3.17. The zero-order valence-electron chi connectivity index (χ0n) is 12.4. The molecular formula is C15H22IN5. The first-order valence-electron chi connectivity index (χ1n) is 6.83. The van der Waals surface area contributed by atoms with E-state index in [0.717, 1.165) is 24.6 Å². The fourth-order valence-electron chi connectivity index (χ4n) is 2.04. The fourth-order valence-corrected chi connectivity index (χ4v) is 2.04. The molecule has 0 atom stereocenters. The number of nitrogens with zero attached hydrogens (tertiary/aromatic N) is 2. The van der Waals surface area contributed by atoms with Crippen molar-refractivity contribution in [1.29, 1.82) is 0 Å². The molecule has 0 aliphatic rings. The molecule has 6 heteroatoms. The van der Waals surface area contributed by atoms with Gasteiger partial charge in [-0.1, -0.05) is 31.2 Å². The average Bonchev–Trinajstić information content (AvgIpc) is 3.01. The summed E-state index contributed by atoms with van der Waals surface area (Å²) >= 11 is 0. The molecule has 0 fully saturated rings. The molecule has 0 radical (unpaired) electrons. The van der Waals surface area contributed by atoms with Crippen LogP contribution in [0, 0.1) is 0 Å². The normalized spacial score (nSPS) is 10.9. The molecule has 0 aliphatic carbocycles. The van der Waals surface area contributed by atoms with Crippen molar-refractivity contribution in [1.82, 2.24) is 20.8 Å². The van der Waals surface area contributed by atoms with Crippen LogP contribution in [0.2, 0.25) is 0 Å². The molecule has 0 saturated carbocycles.